The van der Waals surface area contributed by atoms with Gasteiger partial charge in [0.15, 0.2) is 0 Å². The Kier molecular flexibility index (Phi) is 5.44. The quantitative estimate of drug-likeness (QED) is 0.462. The Morgan fingerprint density at radius 2 is 0.875 bits per heavy atom. The van der Waals surface area contributed by atoms with Crippen molar-refractivity contribution >= 4 is 25.8 Å². The maximum Gasteiger partial charge on any atom is 0.356 e. The second-order valence-electron chi connectivity index (χ2n) is 4.68. The third-order valence-corrected chi connectivity index (χ3v) is 4.83. The molecule has 2 rings (SSSR count). The van der Waals surface area contributed by atoms with Gasteiger partial charge in [0.05, 0.1) is 10.6 Å². The van der Waals surface area contributed by atoms with Crippen molar-refractivity contribution in [2.24, 2.45) is 0 Å². The van der Waals surface area contributed by atoms with Gasteiger partial charge in [0.1, 0.15) is 0 Å². The highest BCUT2D eigenvalue weighted by molar-refractivity contribution is 7.60. The van der Waals surface area contributed by atoms with E-state index in [2.05, 4.69) is 23.7 Å². The van der Waals surface area contributed by atoms with Crippen LogP contribution in [0.2, 0.25) is 0 Å². The van der Waals surface area contributed by atoms with E-state index in [4.69, 9.17) is 19.6 Å². The SMILES string of the molecule is O=P(O)(O)c1ccc(C#CC#Cc2ccc(P(=O)(O)O)cc2)cc1. The topological polar surface area (TPSA) is 115 Å². The maximum atomic E-state index is 11.0. The second kappa shape index (κ2) is 7.18. The lowest BCUT2D eigenvalue weighted by Crippen LogP contribution is -2.02. The summed E-state index contributed by atoms with van der Waals surface area (Å²) in [6.45, 7) is 0. The fraction of sp³-hybridized carbons (Fsp3) is 0. The van der Waals surface area contributed by atoms with E-state index < -0.39 is 15.2 Å². The van der Waals surface area contributed by atoms with Crippen LogP contribution in [0.15, 0.2) is 48.5 Å². The maximum absolute atomic E-state index is 11.0. The van der Waals surface area contributed by atoms with Gasteiger partial charge in [0.25, 0.3) is 0 Å². The summed E-state index contributed by atoms with van der Waals surface area (Å²) in [6, 6.07) is 11.2. The van der Waals surface area contributed by atoms with Crippen molar-refractivity contribution in [2.75, 3.05) is 0 Å². The van der Waals surface area contributed by atoms with Crippen molar-refractivity contribution in [3.05, 3.63) is 59.7 Å². The predicted molar refractivity (Wildman–Crippen MR) is 90.0 cm³/mol. The molecule has 2 aromatic rings. The lowest BCUT2D eigenvalue weighted by molar-refractivity contribution is 0.385. The molecular formula is C16H12O6P2. The van der Waals surface area contributed by atoms with Crippen molar-refractivity contribution in [3.63, 3.8) is 0 Å². The fourth-order valence-corrected chi connectivity index (χ4v) is 2.76. The Morgan fingerprint density at radius 3 is 1.12 bits per heavy atom. The number of benzene rings is 2. The molecule has 0 heterocycles. The first-order chi connectivity index (χ1) is 11.2. The molecule has 0 aromatic heterocycles. The predicted octanol–water partition coefficient (Wildman–Crippen LogP) is 0.696. The van der Waals surface area contributed by atoms with Crippen LogP contribution in [0.4, 0.5) is 0 Å². The van der Waals surface area contributed by atoms with Crippen molar-refractivity contribution < 1.29 is 28.7 Å². The molecule has 0 atom stereocenters. The molecule has 6 nitrogen and oxygen atoms in total. The van der Waals surface area contributed by atoms with Gasteiger partial charge in [-0.15, -0.1) is 0 Å². The molecule has 0 fully saturated rings. The van der Waals surface area contributed by atoms with E-state index in [1.54, 1.807) is 0 Å². The second-order valence-corrected chi connectivity index (χ2v) is 7.89. The van der Waals surface area contributed by atoms with E-state index in [1.807, 2.05) is 0 Å². The molecule has 122 valence electrons. The van der Waals surface area contributed by atoms with Gasteiger partial charge in [0.2, 0.25) is 0 Å². The first kappa shape index (κ1) is 18.2. The molecule has 0 amide bonds. The average Bonchev–Trinajstić information content (AvgIpc) is 2.51. The van der Waals surface area contributed by atoms with Crippen molar-refractivity contribution in [1.29, 1.82) is 0 Å². The Hall–Kier alpha value is -2.14. The smallest absolute Gasteiger partial charge is 0.321 e. The minimum atomic E-state index is -4.26. The van der Waals surface area contributed by atoms with Gasteiger partial charge < -0.3 is 19.6 Å². The van der Waals surface area contributed by atoms with Crippen LogP contribution < -0.4 is 10.6 Å². The van der Waals surface area contributed by atoms with Gasteiger partial charge in [-0.25, -0.2) is 0 Å². The van der Waals surface area contributed by atoms with Crippen LogP contribution in [-0.2, 0) is 9.13 Å². The van der Waals surface area contributed by atoms with Gasteiger partial charge in [-0.2, -0.15) is 0 Å². The van der Waals surface area contributed by atoms with E-state index in [9.17, 15) is 9.13 Å². The van der Waals surface area contributed by atoms with Crippen LogP contribution in [0.1, 0.15) is 11.1 Å². The van der Waals surface area contributed by atoms with Crippen LogP contribution >= 0.6 is 15.2 Å². The molecular weight excluding hydrogens is 350 g/mol. The molecule has 0 aliphatic rings. The highest BCUT2D eigenvalue weighted by Gasteiger charge is 2.16. The zero-order valence-electron chi connectivity index (χ0n) is 12.1. The highest BCUT2D eigenvalue weighted by atomic mass is 31.2. The lowest BCUT2D eigenvalue weighted by atomic mass is 10.2. The van der Waals surface area contributed by atoms with E-state index in [0.717, 1.165) is 0 Å². The molecule has 0 aliphatic heterocycles. The first-order valence-corrected chi connectivity index (χ1v) is 9.73. The zero-order chi connectivity index (χ0) is 17.8. The molecule has 0 bridgehead atoms. The summed E-state index contributed by atoms with van der Waals surface area (Å²) in [6.07, 6.45) is 0. The molecule has 0 saturated carbocycles. The summed E-state index contributed by atoms with van der Waals surface area (Å²) < 4.78 is 22.1. The largest absolute Gasteiger partial charge is 0.356 e. The summed E-state index contributed by atoms with van der Waals surface area (Å²) in [5, 5.41) is -0.159. The summed E-state index contributed by atoms with van der Waals surface area (Å²) in [5.41, 5.74) is 1.11. The monoisotopic (exact) mass is 362 g/mol. The molecule has 0 spiro atoms. The minimum absolute atomic E-state index is 0.0794. The molecule has 0 radical (unpaired) electrons. The normalized spacial score (nSPS) is 11.0. The Morgan fingerprint density at radius 1 is 0.583 bits per heavy atom. The first-order valence-electron chi connectivity index (χ1n) is 6.51. The Labute approximate surface area is 138 Å². The number of hydrogen-bond donors (Lipinski definition) is 4. The number of hydrogen-bond acceptors (Lipinski definition) is 2. The Bertz CT molecular complexity index is 863. The number of rotatable bonds is 2. The van der Waals surface area contributed by atoms with Crippen molar-refractivity contribution in [3.8, 4) is 23.7 Å². The molecule has 4 N–H and O–H groups in total. The van der Waals surface area contributed by atoms with Gasteiger partial charge in [-0.05, 0) is 60.4 Å². The summed E-state index contributed by atoms with van der Waals surface area (Å²) >= 11 is 0. The molecule has 2 aromatic carbocycles. The van der Waals surface area contributed by atoms with Crippen molar-refractivity contribution in [1.82, 2.24) is 0 Å². The van der Waals surface area contributed by atoms with Crippen LogP contribution in [0.3, 0.4) is 0 Å². The molecule has 0 unspecified atom stereocenters. The third-order valence-electron chi connectivity index (χ3n) is 2.88. The lowest BCUT2D eigenvalue weighted by Gasteiger charge is -2.02. The summed E-state index contributed by atoms with van der Waals surface area (Å²) in [7, 11) is -8.52. The molecule has 0 aliphatic carbocycles. The van der Waals surface area contributed by atoms with Crippen LogP contribution in [0.25, 0.3) is 0 Å². The van der Waals surface area contributed by atoms with E-state index in [1.165, 1.54) is 48.5 Å². The van der Waals surface area contributed by atoms with E-state index in [0.29, 0.717) is 11.1 Å². The minimum Gasteiger partial charge on any atom is -0.321 e. The molecule has 0 saturated heterocycles. The zero-order valence-corrected chi connectivity index (χ0v) is 13.9. The highest BCUT2D eigenvalue weighted by Crippen LogP contribution is 2.33. The van der Waals surface area contributed by atoms with Crippen LogP contribution in [-0.4, -0.2) is 19.6 Å². The standard InChI is InChI=1S/C16H12O6P2/c17-23(18,19)15-9-5-13(6-10-15)3-1-2-4-14-7-11-16(12-8-14)24(20,21)22/h5-12H,(H2,17,18,19)(H2,20,21,22). The van der Waals surface area contributed by atoms with E-state index in [-0.39, 0.29) is 10.6 Å². The average molecular weight is 362 g/mol. The van der Waals surface area contributed by atoms with Gasteiger partial charge in [-0.3, -0.25) is 9.13 Å². The van der Waals surface area contributed by atoms with Gasteiger partial charge >= 0.3 is 15.2 Å². The van der Waals surface area contributed by atoms with Gasteiger partial charge in [0, 0.05) is 11.1 Å². The van der Waals surface area contributed by atoms with Crippen LogP contribution in [0.5, 0.6) is 0 Å². The van der Waals surface area contributed by atoms with Crippen molar-refractivity contribution in [2.45, 2.75) is 0 Å². The summed E-state index contributed by atoms with van der Waals surface area (Å²) in [4.78, 5) is 36.0. The third kappa shape index (κ3) is 5.20. The van der Waals surface area contributed by atoms with E-state index >= 15 is 0 Å². The summed E-state index contributed by atoms with van der Waals surface area (Å²) in [5.74, 6) is 10.6. The molecule has 8 heteroatoms. The van der Waals surface area contributed by atoms with Crippen LogP contribution in [0, 0.1) is 23.7 Å². The van der Waals surface area contributed by atoms with Gasteiger partial charge in [-0.1, -0.05) is 11.8 Å². The Balaban J connectivity index is 2.10. The fourth-order valence-electron chi connectivity index (χ4n) is 1.68. The molecule has 24 heavy (non-hydrogen) atoms.